The summed E-state index contributed by atoms with van der Waals surface area (Å²) in [5.74, 6) is 0.689. The highest BCUT2D eigenvalue weighted by atomic mass is 35.5. The largest absolute Gasteiger partial charge is 0.494 e. The number of fused-ring (bicyclic) bond motifs is 1. The lowest BCUT2D eigenvalue weighted by Gasteiger charge is -2.06. The van der Waals surface area contributed by atoms with Crippen molar-refractivity contribution >= 4 is 34.4 Å². The number of nitrogens with zero attached hydrogens (tertiary/aromatic N) is 1. The summed E-state index contributed by atoms with van der Waals surface area (Å²) >= 11 is 6.25. The van der Waals surface area contributed by atoms with Gasteiger partial charge in [0.05, 0.1) is 12.1 Å². The Labute approximate surface area is 145 Å². The minimum atomic E-state index is -0.0709. The molecule has 3 nitrogen and oxygen atoms in total. The van der Waals surface area contributed by atoms with Crippen LogP contribution in [0.25, 0.3) is 17.0 Å². The van der Waals surface area contributed by atoms with Crippen molar-refractivity contribution in [3.63, 3.8) is 0 Å². The van der Waals surface area contributed by atoms with Crippen LogP contribution < -0.4 is 4.74 Å². The van der Waals surface area contributed by atoms with Gasteiger partial charge in [0.2, 0.25) is 0 Å². The van der Waals surface area contributed by atoms with Gasteiger partial charge in [0, 0.05) is 22.6 Å². The molecule has 0 unspecified atom stereocenters. The number of ether oxygens (including phenoxy) is 1. The molecule has 1 aromatic heterocycles. The van der Waals surface area contributed by atoms with Crippen molar-refractivity contribution in [3.05, 3.63) is 77.0 Å². The first kappa shape index (κ1) is 16.2. The van der Waals surface area contributed by atoms with E-state index in [0.717, 1.165) is 16.7 Å². The number of aromatic nitrogens is 1. The molecule has 0 aliphatic carbocycles. The molecule has 4 heteroatoms. The van der Waals surface area contributed by atoms with Gasteiger partial charge in [-0.05, 0) is 37.3 Å². The normalized spacial score (nSPS) is 11.1. The van der Waals surface area contributed by atoms with Crippen LogP contribution in [0.5, 0.6) is 5.75 Å². The van der Waals surface area contributed by atoms with Gasteiger partial charge in [-0.1, -0.05) is 41.9 Å². The van der Waals surface area contributed by atoms with E-state index in [1.165, 1.54) is 6.08 Å². The Morgan fingerprint density at radius 1 is 1.17 bits per heavy atom. The molecule has 120 valence electrons. The second-order valence-electron chi connectivity index (χ2n) is 5.22. The molecule has 0 aliphatic heterocycles. The van der Waals surface area contributed by atoms with Gasteiger partial charge in [0.1, 0.15) is 10.9 Å². The molecule has 0 spiro atoms. The fourth-order valence-electron chi connectivity index (χ4n) is 2.38. The minimum absolute atomic E-state index is 0.0709. The summed E-state index contributed by atoms with van der Waals surface area (Å²) in [7, 11) is 0. The maximum Gasteiger partial charge on any atom is 0.185 e. The summed E-state index contributed by atoms with van der Waals surface area (Å²) in [6.07, 6.45) is 3.21. The Hall–Kier alpha value is -2.65. The monoisotopic (exact) mass is 337 g/mol. The standard InChI is InChI=1S/C20H16ClNO2/c1-2-24-17-10-8-15-12-16(20(21)22-18(15)13-17)9-11-19(23)14-6-4-3-5-7-14/h3-13H,2H2,1H3/b11-9+. The first-order valence-electron chi connectivity index (χ1n) is 7.68. The van der Waals surface area contributed by atoms with Crippen LogP contribution in [-0.2, 0) is 0 Å². The van der Waals surface area contributed by atoms with E-state index in [2.05, 4.69) is 4.98 Å². The summed E-state index contributed by atoms with van der Waals surface area (Å²) in [6, 6.07) is 16.7. The molecule has 0 radical (unpaired) electrons. The Morgan fingerprint density at radius 3 is 2.71 bits per heavy atom. The van der Waals surface area contributed by atoms with Crippen LogP contribution in [0.2, 0.25) is 5.15 Å². The van der Waals surface area contributed by atoms with Gasteiger partial charge in [-0.2, -0.15) is 0 Å². The van der Waals surface area contributed by atoms with Crippen LogP contribution in [0.15, 0.2) is 60.7 Å². The van der Waals surface area contributed by atoms with Crippen LogP contribution in [0.3, 0.4) is 0 Å². The van der Waals surface area contributed by atoms with Gasteiger partial charge in [0.15, 0.2) is 5.78 Å². The summed E-state index contributed by atoms with van der Waals surface area (Å²) in [4.78, 5) is 16.5. The molecule has 0 saturated heterocycles. The van der Waals surface area contributed by atoms with Crippen molar-refractivity contribution in [2.75, 3.05) is 6.61 Å². The molecule has 0 N–H and O–H groups in total. The summed E-state index contributed by atoms with van der Waals surface area (Å²) in [5.41, 5.74) is 2.11. The van der Waals surface area contributed by atoms with Gasteiger partial charge in [0.25, 0.3) is 0 Å². The number of ketones is 1. The van der Waals surface area contributed by atoms with E-state index in [1.807, 2.05) is 49.4 Å². The minimum Gasteiger partial charge on any atom is -0.494 e. The molecule has 0 amide bonds. The predicted octanol–water partition coefficient (Wildman–Crippen LogP) is 5.18. The highest BCUT2D eigenvalue weighted by molar-refractivity contribution is 6.31. The zero-order chi connectivity index (χ0) is 16.9. The number of hydrogen-bond donors (Lipinski definition) is 0. The average Bonchev–Trinajstić information content (AvgIpc) is 2.60. The lowest BCUT2D eigenvalue weighted by molar-refractivity contribution is 0.104. The van der Waals surface area contributed by atoms with Crippen LogP contribution in [-0.4, -0.2) is 17.4 Å². The van der Waals surface area contributed by atoms with Gasteiger partial charge in [-0.15, -0.1) is 0 Å². The summed E-state index contributed by atoms with van der Waals surface area (Å²) in [6.45, 7) is 2.53. The van der Waals surface area contributed by atoms with Gasteiger partial charge < -0.3 is 4.74 Å². The van der Waals surface area contributed by atoms with Crippen molar-refractivity contribution in [2.24, 2.45) is 0 Å². The molecule has 2 aromatic carbocycles. The molecule has 1 heterocycles. The SMILES string of the molecule is CCOc1ccc2cc(/C=C/C(=O)c3ccccc3)c(Cl)nc2c1. The van der Waals surface area contributed by atoms with Crippen LogP contribution in [0.4, 0.5) is 0 Å². The number of benzene rings is 2. The quantitative estimate of drug-likeness (QED) is 0.365. The summed E-state index contributed by atoms with van der Waals surface area (Å²) in [5, 5.41) is 1.29. The second-order valence-corrected chi connectivity index (χ2v) is 5.58. The number of pyridine rings is 1. The number of halogens is 1. The number of rotatable bonds is 5. The molecule has 0 fully saturated rings. The maximum atomic E-state index is 12.1. The number of hydrogen-bond acceptors (Lipinski definition) is 3. The van der Waals surface area contributed by atoms with Crippen LogP contribution in [0.1, 0.15) is 22.8 Å². The molecule has 3 rings (SSSR count). The zero-order valence-corrected chi connectivity index (χ0v) is 14.0. The van der Waals surface area contributed by atoms with E-state index in [-0.39, 0.29) is 5.78 Å². The predicted molar refractivity (Wildman–Crippen MR) is 97.7 cm³/mol. The topological polar surface area (TPSA) is 39.2 Å². The van der Waals surface area contributed by atoms with Crippen molar-refractivity contribution in [3.8, 4) is 5.75 Å². The molecular formula is C20H16ClNO2. The van der Waals surface area contributed by atoms with E-state index < -0.39 is 0 Å². The van der Waals surface area contributed by atoms with Crippen molar-refractivity contribution in [2.45, 2.75) is 6.92 Å². The van der Waals surface area contributed by atoms with Crippen molar-refractivity contribution in [1.82, 2.24) is 4.98 Å². The van der Waals surface area contributed by atoms with Crippen molar-refractivity contribution < 1.29 is 9.53 Å². The summed E-state index contributed by atoms with van der Waals surface area (Å²) < 4.78 is 5.47. The Kier molecular flexibility index (Phi) is 4.92. The van der Waals surface area contributed by atoms with Gasteiger partial charge in [-0.3, -0.25) is 4.79 Å². The third kappa shape index (κ3) is 3.63. The first-order chi connectivity index (χ1) is 11.7. The smallest absolute Gasteiger partial charge is 0.185 e. The first-order valence-corrected chi connectivity index (χ1v) is 8.05. The van der Waals surface area contributed by atoms with E-state index >= 15 is 0 Å². The van der Waals surface area contributed by atoms with Crippen LogP contribution in [0, 0.1) is 0 Å². The molecule has 0 atom stereocenters. The van der Waals surface area contributed by atoms with Gasteiger partial charge >= 0.3 is 0 Å². The Morgan fingerprint density at radius 2 is 1.96 bits per heavy atom. The average molecular weight is 338 g/mol. The van der Waals surface area contributed by atoms with Gasteiger partial charge in [-0.25, -0.2) is 4.98 Å². The van der Waals surface area contributed by atoms with Crippen LogP contribution >= 0.6 is 11.6 Å². The lowest BCUT2D eigenvalue weighted by Crippen LogP contribution is -1.94. The Bertz CT molecular complexity index is 904. The maximum absolute atomic E-state index is 12.1. The Balaban J connectivity index is 1.89. The molecule has 3 aromatic rings. The highest BCUT2D eigenvalue weighted by Gasteiger charge is 2.06. The van der Waals surface area contributed by atoms with E-state index in [9.17, 15) is 4.79 Å². The lowest BCUT2D eigenvalue weighted by atomic mass is 10.1. The zero-order valence-electron chi connectivity index (χ0n) is 13.2. The van der Waals surface area contributed by atoms with E-state index in [0.29, 0.717) is 22.9 Å². The molecule has 0 bridgehead atoms. The molecule has 24 heavy (non-hydrogen) atoms. The second kappa shape index (κ2) is 7.28. The molecule has 0 saturated carbocycles. The fourth-order valence-corrected chi connectivity index (χ4v) is 2.59. The number of carbonyl (C=O) groups excluding carboxylic acids is 1. The molecular weight excluding hydrogens is 322 g/mol. The third-order valence-electron chi connectivity index (χ3n) is 3.55. The number of carbonyl (C=O) groups is 1. The fraction of sp³-hybridized carbons (Fsp3) is 0.100. The number of allylic oxidation sites excluding steroid dienone is 1. The van der Waals surface area contributed by atoms with E-state index in [1.54, 1.807) is 18.2 Å². The van der Waals surface area contributed by atoms with E-state index in [4.69, 9.17) is 16.3 Å². The molecule has 0 aliphatic rings. The van der Waals surface area contributed by atoms with Crippen molar-refractivity contribution in [1.29, 1.82) is 0 Å². The highest BCUT2D eigenvalue weighted by Crippen LogP contribution is 2.25. The third-order valence-corrected chi connectivity index (χ3v) is 3.86.